The third kappa shape index (κ3) is 4.90. The number of nitrogens with two attached hydrogens (primary N) is 1. The minimum atomic E-state index is -3.15. The van der Waals surface area contributed by atoms with E-state index >= 15 is 0 Å². The van der Waals surface area contributed by atoms with Gasteiger partial charge in [0.25, 0.3) is 0 Å². The molecule has 0 bridgehead atoms. The van der Waals surface area contributed by atoms with Crippen molar-refractivity contribution < 1.29 is 8.42 Å². The number of thioether (sulfide) groups is 1. The lowest BCUT2D eigenvalue weighted by molar-refractivity contribution is 0.286. The molecule has 1 aliphatic carbocycles. The Bertz CT molecular complexity index is 537. The molecular formula is C15H24N2O2S2. The molecule has 0 radical (unpaired) electrons. The molecule has 2 N–H and O–H groups in total. The summed E-state index contributed by atoms with van der Waals surface area (Å²) < 4.78 is 26.3. The van der Waals surface area contributed by atoms with Crippen LogP contribution in [0.2, 0.25) is 0 Å². The summed E-state index contributed by atoms with van der Waals surface area (Å²) in [6.45, 7) is 0. The zero-order valence-corrected chi connectivity index (χ0v) is 14.1. The number of rotatable bonds is 6. The van der Waals surface area contributed by atoms with Crippen LogP contribution in [0.3, 0.4) is 0 Å². The summed E-state index contributed by atoms with van der Waals surface area (Å²) in [5, 5.41) is 0. The van der Waals surface area contributed by atoms with Crippen molar-refractivity contribution in [1.29, 1.82) is 0 Å². The molecule has 1 fully saturated rings. The minimum Gasteiger partial charge on any atom is -0.399 e. The van der Waals surface area contributed by atoms with Gasteiger partial charge in [0.2, 0.25) is 10.0 Å². The zero-order valence-electron chi connectivity index (χ0n) is 12.5. The molecule has 0 heterocycles. The fourth-order valence-corrected chi connectivity index (χ4v) is 5.34. The molecule has 1 aromatic carbocycles. The van der Waals surface area contributed by atoms with Crippen molar-refractivity contribution in [3.63, 3.8) is 0 Å². The molecule has 2 rings (SSSR count). The topological polar surface area (TPSA) is 63.4 Å². The van der Waals surface area contributed by atoms with Gasteiger partial charge in [-0.1, -0.05) is 19.3 Å². The van der Waals surface area contributed by atoms with Crippen LogP contribution in [-0.4, -0.2) is 37.3 Å². The Hall–Kier alpha value is -0.720. The van der Waals surface area contributed by atoms with Crippen molar-refractivity contribution in [2.75, 3.05) is 24.3 Å². The predicted octanol–water partition coefficient (Wildman–Crippen LogP) is 2.96. The molecule has 0 atom stereocenters. The third-order valence-corrected chi connectivity index (χ3v) is 7.19. The van der Waals surface area contributed by atoms with E-state index in [4.69, 9.17) is 5.73 Å². The van der Waals surface area contributed by atoms with Crippen LogP contribution in [0, 0.1) is 0 Å². The first-order valence-electron chi connectivity index (χ1n) is 7.43. The lowest BCUT2D eigenvalue weighted by Gasteiger charge is -2.30. The summed E-state index contributed by atoms with van der Waals surface area (Å²) in [7, 11) is -1.42. The van der Waals surface area contributed by atoms with Gasteiger partial charge in [-0.2, -0.15) is 0 Å². The first kappa shape index (κ1) is 16.6. The highest BCUT2D eigenvalue weighted by atomic mass is 32.2. The number of hydrogen-bond donors (Lipinski definition) is 1. The summed E-state index contributed by atoms with van der Waals surface area (Å²) in [4.78, 5) is 1.06. The number of nitrogen functional groups attached to an aromatic ring is 1. The number of benzene rings is 1. The van der Waals surface area contributed by atoms with E-state index in [1.54, 1.807) is 23.1 Å². The summed E-state index contributed by atoms with van der Waals surface area (Å²) in [6, 6.07) is 7.73. The number of nitrogens with zero attached hydrogens (tertiary/aromatic N) is 1. The second kappa shape index (κ2) is 7.51. The Kier molecular flexibility index (Phi) is 5.96. The molecule has 1 aliphatic rings. The summed E-state index contributed by atoms with van der Waals surface area (Å²) in [5.41, 5.74) is 6.36. The van der Waals surface area contributed by atoms with E-state index in [0.717, 1.165) is 36.3 Å². The average Bonchev–Trinajstić information content (AvgIpc) is 2.49. The van der Waals surface area contributed by atoms with E-state index in [0.29, 0.717) is 5.75 Å². The van der Waals surface area contributed by atoms with Crippen molar-refractivity contribution in [3.8, 4) is 0 Å². The number of hydrogen-bond acceptors (Lipinski definition) is 4. The predicted molar refractivity (Wildman–Crippen MR) is 90.0 cm³/mol. The van der Waals surface area contributed by atoms with Gasteiger partial charge >= 0.3 is 0 Å². The van der Waals surface area contributed by atoms with Crippen molar-refractivity contribution >= 4 is 27.5 Å². The van der Waals surface area contributed by atoms with E-state index < -0.39 is 10.0 Å². The van der Waals surface area contributed by atoms with E-state index in [-0.39, 0.29) is 11.8 Å². The molecule has 4 nitrogen and oxygen atoms in total. The van der Waals surface area contributed by atoms with Gasteiger partial charge in [0, 0.05) is 29.4 Å². The maximum absolute atomic E-state index is 12.4. The normalized spacial score (nSPS) is 17.2. The van der Waals surface area contributed by atoms with E-state index in [2.05, 4.69) is 0 Å². The van der Waals surface area contributed by atoms with Gasteiger partial charge in [-0.05, 0) is 37.1 Å². The number of sulfonamides is 1. The lowest BCUT2D eigenvalue weighted by Crippen LogP contribution is -2.39. The summed E-state index contributed by atoms with van der Waals surface area (Å²) in [6.07, 6.45) is 5.52. The largest absolute Gasteiger partial charge is 0.399 e. The van der Waals surface area contributed by atoms with Crippen LogP contribution in [0.15, 0.2) is 29.2 Å². The Labute approximate surface area is 132 Å². The second-order valence-electron chi connectivity index (χ2n) is 5.54. The molecular weight excluding hydrogens is 304 g/mol. The first-order chi connectivity index (χ1) is 9.99. The van der Waals surface area contributed by atoms with Gasteiger partial charge in [0.15, 0.2) is 0 Å². The summed E-state index contributed by atoms with van der Waals surface area (Å²) >= 11 is 1.56. The van der Waals surface area contributed by atoms with Crippen molar-refractivity contribution in [2.24, 2.45) is 0 Å². The van der Waals surface area contributed by atoms with Crippen molar-refractivity contribution in [1.82, 2.24) is 4.31 Å². The highest BCUT2D eigenvalue weighted by Gasteiger charge is 2.27. The van der Waals surface area contributed by atoms with Crippen LogP contribution < -0.4 is 5.73 Å². The first-order valence-corrected chi connectivity index (χ1v) is 10.0. The van der Waals surface area contributed by atoms with Crippen molar-refractivity contribution in [2.45, 2.75) is 43.0 Å². The Balaban J connectivity index is 1.84. The molecule has 0 amide bonds. The fraction of sp³-hybridized carbons (Fsp3) is 0.600. The molecule has 1 aromatic rings. The highest BCUT2D eigenvalue weighted by Crippen LogP contribution is 2.25. The lowest BCUT2D eigenvalue weighted by atomic mass is 9.96. The molecule has 0 saturated heterocycles. The Morgan fingerprint density at radius 3 is 2.43 bits per heavy atom. The quantitative estimate of drug-likeness (QED) is 0.644. The van der Waals surface area contributed by atoms with Crippen LogP contribution >= 0.6 is 11.8 Å². The van der Waals surface area contributed by atoms with Gasteiger partial charge in [-0.15, -0.1) is 11.8 Å². The highest BCUT2D eigenvalue weighted by molar-refractivity contribution is 8.00. The van der Waals surface area contributed by atoms with Gasteiger partial charge in [0.1, 0.15) is 0 Å². The zero-order chi connectivity index (χ0) is 15.3. The van der Waals surface area contributed by atoms with E-state index in [1.165, 1.54) is 6.42 Å². The maximum Gasteiger partial charge on any atom is 0.214 e. The van der Waals surface area contributed by atoms with E-state index in [1.807, 2.05) is 24.3 Å². The van der Waals surface area contributed by atoms with Crippen LogP contribution in [0.1, 0.15) is 32.1 Å². The third-order valence-electron chi connectivity index (χ3n) is 4.02. The molecule has 118 valence electrons. The summed E-state index contributed by atoms with van der Waals surface area (Å²) in [5.74, 6) is 0.762. The average molecular weight is 329 g/mol. The van der Waals surface area contributed by atoms with Gasteiger partial charge in [-0.25, -0.2) is 12.7 Å². The molecule has 6 heteroatoms. The molecule has 1 saturated carbocycles. The van der Waals surface area contributed by atoms with E-state index in [9.17, 15) is 8.42 Å². The SMILES string of the molecule is CN(C1CCCCC1)S(=O)(=O)CCSc1ccc(N)cc1. The maximum atomic E-state index is 12.4. The standard InChI is InChI=1S/C15H24N2O2S2/c1-17(14-5-3-2-4-6-14)21(18,19)12-11-20-15-9-7-13(16)8-10-15/h7-10,14H,2-6,11-12,16H2,1H3. The molecule has 0 spiro atoms. The van der Waals surface area contributed by atoms with Gasteiger partial charge in [-0.3, -0.25) is 0 Å². The van der Waals surface area contributed by atoms with Gasteiger partial charge < -0.3 is 5.73 Å². The monoisotopic (exact) mass is 328 g/mol. The smallest absolute Gasteiger partial charge is 0.214 e. The molecule has 0 unspecified atom stereocenters. The van der Waals surface area contributed by atoms with Crippen LogP contribution in [0.25, 0.3) is 0 Å². The molecule has 21 heavy (non-hydrogen) atoms. The Morgan fingerprint density at radius 2 is 1.81 bits per heavy atom. The fourth-order valence-electron chi connectivity index (χ4n) is 2.64. The molecule has 0 aliphatic heterocycles. The van der Waals surface area contributed by atoms with Crippen LogP contribution in [0.4, 0.5) is 5.69 Å². The second-order valence-corrected chi connectivity index (χ2v) is 8.86. The Morgan fingerprint density at radius 1 is 1.19 bits per heavy atom. The molecule has 0 aromatic heterocycles. The van der Waals surface area contributed by atoms with Crippen LogP contribution in [-0.2, 0) is 10.0 Å². The van der Waals surface area contributed by atoms with Crippen LogP contribution in [0.5, 0.6) is 0 Å². The minimum absolute atomic E-state index is 0.190. The van der Waals surface area contributed by atoms with Crippen molar-refractivity contribution in [3.05, 3.63) is 24.3 Å². The number of anilines is 1. The van der Waals surface area contributed by atoms with Gasteiger partial charge in [0.05, 0.1) is 5.75 Å².